The average molecular weight is 588 g/mol. The maximum Gasteiger partial charge on any atom is 0.251 e. The fourth-order valence-electron chi connectivity index (χ4n) is 4.37. The zero-order chi connectivity index (χ0) is 26.5. The van der Waals surface area contributed by atoms with E-state index in [2.05, 4.69) is 19.3 Å². The zero-order valence-electron chi connectivity index (χ0n) is 22.7. The molecule has 5 unspecified atom stereocenters. The first-order chi connectivity index (χ1) is 16.7. The quantitative estimate of drug-likeness (QED) is 0.0514. The number of hydrogen-bond donors (Lipinski definition) is 7. The van der Waals surface area contributed by atoms with Crippen LogP contribution in [0, 0.1) is 0 Å². The van der Waals surface area contributed by atoms with Gasteiger partial charge in [0, 0.05) is 13.0 Å². The first-order valence-corrected chi connectivity index (χ1v) is 13.8. The van der Waals surface area contributed by atoms with Gasteiger partial charge in [-0.3, -0.25) is 4.79 Å². The summed E-state index contributed by atoms with van der Waals surface area (Å²) in [5.74, 6) is -0.848. The molecule has 0 saturated heterocycles. The lowest BCUT2D eigenvalue weighted by atomic mass is 10.0. The Labute approximate surface area is 229 Å². The second-order valence-electron chi connectivity index (χ2n) is 10.2. The third-order valence-corrected chi connectivity index (χ3v) is 6.89. The van der Waals surface area contributed by atoms with Crippen molar-refractivity contribution in [3.05, 3.63) is 0 Å². The molecule has 36 heavy (non-hydrogen) atoms. The highest BCUT2D eigenvalue weighted by atomic mass is 79.9. The van der Waals surface area contributed by atoms with Gasteiger partial charge in [0.05, 0.1) is 33.4 Å². The van der Waals surface area contributed by atoms with Gasteiger partial charge in [-0.15, -0.1) is 0 Å². The zero-order valence-corrected chi connectivity index (χ0v) is 24.2. The van der Waals surface area contributed by atoms with E-state index < -0.39 is 36.9 Å². The monoisotopic (exact) mass is 586 g/mol. The number of aliphatic hydroxyl groups is 6. The number of unbranched alkanes of at least 4 members (excludes halogenated alkanes) is 11. The Morgan fingerprint density at radius 3 is 1.67 bits per heavy atom. The number of hydrogen-bond acceptors (Lipinski definition) is 7. The summed E-state index contributed by atoms with van der Waals surface area (Å²) in [6, 6.07) is 0. The average Bonchev–Trinajstić information content (AvgIpc) is 2.85. The molecular weight excluding hydrogens is 532 g/mol. The van der Waals surface area contributed by atoms with Crippen molar-refractivity contribution < 1.29 is 56.9 Å². The number of nitrogens with one attached hydrogen (secondary N) is 1. The van der Waals surface area contributed by atoms with Crippen molar-refractivity contribution in [2.75, 3.05) is 46.4 Å². The largest absolute Gasteiger partial charge is 1.00 e. The van der Waals surface area contributed by atoms with Crippen LogP contribution in [0.4, 0.5) is 0 Å². The van der Waals surface area contributed by atoms with Crippen molar-refractivity contribution in [2.24, 2.45) is 0 Å². The minimum atomic E-state index is -1.91. The summed E-state index contributed by atoms with van der Waals surface area (Å²) in [7, 11) is 2.10. The number of nitrogens with zero attached hydrogens (tertiary/aromatic N) is 1. The number of amides is 1. The van der Waals surface area contributed by atoms with Crippen LogP contribution in [0.15, 0.2) is 0 Å². The topological polar surface area (TPSA) is 150 Å². The fourth-order valence-corrected chi connectivity index (χ4v) is 4.37. The summed E-state index contributed by atoms with van der Waals surface area (Å²) < 4.78 is 0.705. The van der Waals surface area contributed by atoms with Crippen LogP contribution < -0.4 is 22.3 Å². The Hall–Kier alpha value is -0.330. The maximum atomic E-state index is 12.0. The molecule has 10 heteroatoms. The molecule has 0 aromatic carbocycles. The highest BCUT2D eigenvalue weighted by Gasteiger charge is 2.34. The highest BCUT2D eigenvalue weighted by molar-refractivity contribution is 5.81. The normalized spacial score (nSPS) is 16.4. The van der Waals surface area contributed by atoms with Crippen molar-refractivity contribution in [3.8, 4) is 0 Å². The van der Waals surface area contributed by atoms with Crippen LogP contribution in [-0.4, -0.2) is 112 Å². The summed E-state index contributed by atoms with van der Waals surface area (Å²) in [5.41, 5.74) is 0. The molecule has 0 radical (unpaired) electrons. The van der Waals surface area contributed by atoms with Gasteiger partial charge in [-0.25, -0.2) is 0 Å². The van der Waals surface area contributed by atoms with Crippen molar-refractivity contribution in [2.45, 2.75) is 115 Å². The van der Waals surface area contributed by atoms with Gasteiger partial charge in [0.25, 0.3) is 5.91 Å². The Bertz CT molecular complexity index is 519. The van der Waals surface area contributed by atoms with Crippen molar-refractivity contribution in [1.29, 1.82) is 0 Å². The third-order valence-electron chi connectivity index (χ3n) is 6.89. The molecule has 7 N–H and O–H groups in total. The van der Waals surface area contributed by atoms with E-state index >= 15 is 0 Å². The summed E-state index contributed by atoms with van der Waals surface area (Å²) in [5, 5.41) is 59.5. The van der Waals surface area contributed by atoms with Gasteiger partial charge < -0.3 is 57.4 Å². The molecule has 0 spiro atoms. The van der Waals surface area contributed by atoms with Gasteiger partial charge in [0.15, 0.2) is 6.10 Å². The molecule has 0 fully saturated rings. The van der Waals surface area contributed by atoms with Crippen molar-refractivity contribution >= 4 is 5.91 Å². The molecule has 0 rings (SSSR count). The maximum absolute atomic E-state index is 12.0. The number of halogens is 1. The third kappa shape index (κ3) is 18.0. The Kier molecular flexibility index (Phi) is 25.0. The molecule has 0 aliphatic carbocycles. The molecular formula is C26H55BrN2O7. The Morgan fingerprint density at radius 2 is 1.19 bits per heavy atom. The molecule has 0 saturated carbocycles. The van der Waals surface area contributed by atoms with Crippen molar-refractivity contribution in [3.63, 3.8) is 0 Å². The Morgan fingerprint density at radius 1 is 0.722 bits per heavy atom. The van der Waals surface area contributed by atoms with E-state index in [1.165, 1.54) is 70.6 Å². The van der Waals surface area contributed by atoms with Gasteiger partial charge in [0.2, 0.25) is 0 Å². The first kappa shape index (κ1) is 37.8. The smallest absolute Gasteiger partial charge is 0.251 e. The molecule has 0 aromatic heterocycles. The molecule has 1 amide bonds. The molecule has 0 aliphatic heterocycles. The van der Waals surface area contributed by atoms with Crippen molar-refractivity contribution in [1.82, 2.24) is 5.32 Å². The van der Waals surface area contributed by atoms with Gasteiger partial charge >= 0.3 is 0 Å². The summed E-state index contributed by atoms with van der Waals surface area (Å²) in [6.07, 6.45) is 8.90. The molecule has 5 atom stereocenters. The van der Waals surface area contributed by atoms with Crippen LogP contribution in [-0.2, 0) is 4.79 Å². The second-order valence-corrected chi connectivity index (χ2v) is 10.2. The highest BCUT2D eigenvalue weighted by Crippen LogP contribution is 2.14. The fraction of sp³-hybridized carbons (Fsp3) is 0.962. The second kappa shape index (κ2) is 23.8. The summed E-state index contributed by atoms with van der Waals surface area (Å²) in [6.45, 7) is 4.17. The van der Waals surface area contributed by atoms with E-state index in [1.54, 1.807) is 0 Å². The predicted octanol–water partition coefficient (Wildman–Crippen LogP) is -1.93. The van der Waals surface area contributed by atoms with Crippen LogP contribution in [0.3, 0.4) is 0 Å². The SMILES string of the molecule is CCCCCCCCCCCCCC[N+](C)(CCO)CCCNC(=O)C(O)C(O)C(O)C(O)CO.[Br-]. The van der Waals surface area contributed by atoms with E-state index in [4.69, 9.17) is 5.11 Å². The van der Waals surface area contributed by atoms with E-state index in [0.717, 1.165) is 19.5 Å². The van der Waals surface area contributed by atoms with Crippen LogP contribution in [0.1, 0.15) is 90.4 Å². The standard InChI is InChI=1S/C26H54N2O7.BrH/c1-3-4-5-6-7-8-9-10-11-12-13-14-17-28(2,19-20-29)18-15-16-27-26(35)25(34)24(33)23(32)22(31)21-30;/h22-25,29-34H,3-21H2,1-2H3;1H. The lowest BCUT2D eigenvalue weighted by Crippen LogP contribution is -3.00. The van der Waals surface area contributed by atoms with Crippen LogP contribution >= 0.6 is 0 Å². The number of carbonyl (C=O) groups is 1. The molecule has 218 valence electrons. The number of quaternary nitrogens is 1. The van der Waals surface area contributed by atoms with Crippen LogP contribution in [0.25, 0.3) is 0 Å². The van der Waals surface area contributed by atoms with E-state index in [-0.39, 0.29) is 30.1 Å². The Balaban J connectivity index is 0. The lowest BCUT2D eigenvalue weighted by Gasteiger charge is -2.34. The first-order valence-electron chi connectivity index (χ1n) is 13.8. The summed E-state index contributed by atoms with van der Waals surface area (Å²) >= 11 is 0. The lowest BCUT2D eigenvalue weighted by molar-refractivity contribution is -0.910. The molecule has 0 aliphatic rings. The van der Waals surface area contributed by atoms with Gasteiger partial charge in [-0.05, 0) is 12.8 Å². The predicted molar refractivity (Wildman–Crippen MR) is 138 cm³/mol. The molecule has 0 bridgehead atoms. The van der Waals surface area contributed by atoms with E-state index in [0.29, 0.717) is 17.4 Å². The number of carbonyl (C=O) groups excluding carboxylic acids is 1. The number of likely N-dealkylation sites (N-methyl/N-ethyl adjacent to an activating group) is 1. The summed E-state index contributed by atoms with van der Waals surface area (Å²) in [4.78, 5) is 12.0. The minimum Gasteiger partial charge on any atom is -1.00 e. The van der Waals surface area contributed by atoms with Crippen LogP contribution in [0.5, 0.6) is 0 Å². The van der Waals surface area contributed by atoms with Gasteiger partial charge in [-0.2, -0.15) is 0 Å². The molecule has 9 nitrogen and oxygen atoms in total. The van der Waals surface area contributed by atoms with E-state index in [1.807, 2.05) is 0 Å². The minimum absolute atomic E-state index is 0. The van der Waals surface area contributed by atoms with Gasteiger partial charge in [0.1, 0.15) is 24.9 Å². The molecule has 0 aromatic rings. The van der Waals surface area contributed by atoms with Gasteiger partial charge in [-0.1, -0.05) is 71.1 Å². The van der Waals surface area contributed by atoms with E-state index in [9.17, 15) is 30.3 Å². The number of rotatable bonds is 24. The molecule has 0 heterocycles. The van der Waals surface area contributed by atoms with Crippen LogP contribution in [0.2, 0.25) is 0 Å². The number of aliphatic hydroxyl groups excluding tert-OH is 6.